The minimum absolute atomic E-state index is 0.276. The van der Waals surface area contributed by atoms with Crippen molar-refractivity contribution in [1.82, 2.24) is 30.4 Å². The van der Waals surface area contributed by atoms with Gasteiger partial charge in [0, 0.05) is 0 Å². The van der Waals surface area contributed by atoms with Gasteiger partial charge >= 0.3 is 45.0 Å². The van der Waals surface area contributed by atoms with Gasteiger partial charge in [-0.2, -0.15) is 20.2 Å². The summed E-state index contributed by atoms with van der Waals surface area (Å²) in [5.74, 6) is 0.502. The molecule has 4 aromatic rings. The van der Waals surface area contributed by atoms with Crippen LogP contribution in [0.4, 0.5) is 23.7 Å². The van der Waals surface area contributed by atoms with Gasteiger partial charge in [0.1, 0.15) is 22.5 Å². The second kappa shape index (κ2) is 13.5. The van der Waals surface area contributed by atoms with Gasteiger partial charge < -0.3 is 8.83 Å². The molecule has 2 N–H and O–H groups in total. The molecule has 0 unspecified atom stereocenters. The van der Waals surface area contributed by atoms with Crippen molar-refractivity contribution in [1.29, 1.82) is 0 Å². The molecule has 0 saturated heterocycles. The molecule has 0 aliphatic carbocycles. The van der Waals surface area contributed by atoms with E-state index >= 15 is 0 Å². The van der Waals surface area contributed by atoms with Gasteiger partial charge in [0.25, 0.3) is 0 Å². The number of nitro groups is 2. The van der Waals surface area contributed by atoms with Crippen molar-refractivity contribution in [2.24, 2.45) is 9.98 Å². The molecule has 0 aliphatic heterocycles. The second-order valence-electron chi connectivity index (χ2n) is 5.05. The maximum atomic E-state index is 10.3. The normalized spacial score (nSPS) is 10.6. The molecule has 0 bridgehead atoms. The number of hydrogen-bond acceptors (Lipinski definition) is 12. The zero-order valence-corrected chi connectivity index (χ0v) is 18.3. The number of aliphatic imine (C=N–C) groups is 2. The molecule has 33 heavy (non-hydrogen) atoms. The summed E-state index contributed by atoms with van der Waals surface area (Å²) >= 11 is 0.382. The number of rotatable bonds is 6. The quantitative estimate of drug-likeness (QED) is 0.204. The summed E-state index contributed by atoms with van der Waals surface area (Å²) in [6.45, 7) is 0. The molecule has 0 fully saturated rings. The Bertz CT molecular complexity index is 1100. The zero-order chi connectivity index (χ0) is 24.1. The predicted octanol–water partition coefficient (Wildman–Crippen LogP) is 3.49. The van der Waals surface area contributed by atoms with Crippen LogP contribution in [0.1, 0.15) is 11.5 Å². The van der Waals surface area contributed by atoms with Crippen molar-refractivity contribution in [3.8, 4) is 0 Å². The van der Waals surface area contributed by atoms with E-state index in [0.717, 1.165) is 0 Å². The van der Waals surface area contributed by atoms with Crippen LogP contribution in [0.3, 0.4) is 0 Å². The molecule has 0 aromatic carbocycles. The Morgan fingerprint density at radius 1 is 0.848 bits per heavy atom. The standard InChI is InChI=1S/2C7H5N5O3.2ClH.Co/c2*13-12(14)6-2-1-5(15-6)3-8-7-9-4-10-11-7;;;/h2*1-4H,(H,9,10,11);2*1H;/q;;;;+2/p-2/b2*8-3+;;;. The first kappa shape index (κ1) is 25.3. The van der Waals surface area contributed by atoms with Crippen LogP contribution >= 0.6 is 20.3 Å². The van der Waals surface area contributed by atoms with Crippen molar-refractivity contribution < 1.29 is 31.6 Å². The first-order chi connectivity index (χ1) is 15.9. The molecule has 4 heterocycles. The summed E-state index contributed by atoms with van der Waals surface area (Å²) in [5, 5.41) is 32.7. The van der Waals surface area contributed by atoms with Crippen LogP contribution in [0, 0.1) is 20.2 Å². The zero-order valence-electron chi connectivity index (χ0n) is 15.7. The summed E-state index contributed by atoms with van der Waals surface area (Å²) in [7, 11) is 9.47. The van der Waals surface area contributed by atoms with Gasteiger partial charge in [0.15, 0.2) is 11.5 Å². The molecule has 175 valence electrons. The number of aromatic nitrogens is 6. The van der Waals surface area contributed by atoms with E-state index in [1.165, 1.54) is 49.3 Å². The van der Waals surface area contributed by atoms with Crippen molar-refractivity contribution in [3.63, 3.8) is 0 Å². The van der Waals surface area contributed by atoms with Crippen molar-refractivity contribution >= 4 is 56.4 Å². The number of hydrogen-bond donors (Lipinski definition) is 2. The fourth-order valence-corrected chi connectivity index (χ4v) is 1.79. The Balaban J connectivity index is 0.000000209. The van der Waals surface area contributed by atoms with Gasteiger partial charge in [0.2, 0.25) is 11.9 Å². The summed E-state index contributed by atoms with van der Waals surface area (Å²) in [4.78, 5) is 34.5. The minimum atomic E-state index is -0.619. The van der Waals surface area contributed by atoms with E-state index < -0.39 is 9.85 Å². The molecule has 19 heteroatoms. The van der Waals surface area contributed by atoms with Crippen LogP contribution < -0.4 is 0 Å². The van der Waals surface area contributed by atoms with Crippen LogP contribution in [0.25, 0.3) is 0 Å². The molecular formula is C14H10Cl2CoN10O6. The van der Waals surface area contributed by atoms with Gasteiger partial charge in [-0.05, 0) is 12.1 Å². The number of furan rings is 2. The maximum absolute atomic E-state index is 10.3. The third kappa shape index (κ3) is 8.99. The van der Waals surface area contributed by atoms with E-state index in [1.54, 1.807) is 0 Å². The Hall–Kier alpha value is -3.93. The van der Waals surface area contributed by atoms with E-state index in [0.29, 0.717) is 24.8 Å². The van der Waals surface area contributed by atoms with Gasteiger partial charge in [-0.3, -0.25) is 20.2 Å². The number of aromatic amines is 2. The first-order valence-electron chi connectivity index (χ1n) is 8.04. The van der Waals surface area contributed by atoms with Gasteiger partial charge in [-0.1, -0.05) is 0 Å². The molecule has 0 saturated carbocycles. The van der Waals surface area contributed by atoms with Gasteiger partial charge in [-0.15, -0.1) is 0 Å². The first-order valence-corrected chi connectivity index (χ1v) is 10.9. The van der Waals surface area contributed by atoms with E-state index in [9.17, 15) is 20.2 Å². The molecule has 4 rings (SSSR count). The van der Waals surface area contributed by atoms with Crippen LogP contribution in [0.5, 0.6) is 0 Å². The van der Waals surface area contributed by atoms with Crippen molar-refractivity contribution in [3.05, 3.63) is 68.7 Å². The summed E-state index contributed by atoms with van der Waals surface area (Å²) in [5.41, 5.74) is 0. The molecule has 0 atom stereocenters. The molecule has 0 spiro atoms. The van der Waals surface area contributed by atoms with Crippen molar-refractivity contribution in [2.45, 2.75) is 0 Å². The molecular weight excluding hydrogens is 534 g/mol. The fourth-order valence-electron chi connectivity index (χ4n) is 1.79. The second-order valence-corrected chi connectivity index (χ2v) is 6.77. The molecule has 0 radical (unpaired) electrons. The molecule has 0 aliphatic rings. The van der Waals surface area contributed by atoms with E-state index in [-0.39, 0.29) is 23.3 Å². The van der Waals surface area contributed by atoms with Crippen LogP contribution in [0.2, 0.25) is 0 Å². The van der Waals surface area contributed by atoms with E-state index in [1.807, 2.05) is 0 Å². The average Bonchev–Trinajstić information content (AvgIpc) is 3.59. The number of halogens is 2. The number of H-pyrrole nitrogens is 2. The fraction of sp³-hybridized carbons (Fsp3) is 0. The summed E-state index contributed by atoms with van der Waals surface area (Å²) < 4.78 is 9.67. The topological polar surface area (TPSA) is 220 Å². The molecule has 0 amide bonds. The Morgan fingerprint density at radius 3 is 1.52 bits per heavy atom. The van der Waals surface area contributed by atoms with Crippen molar-refractivity contribution in [2.75, 3.05) is 0 Å². The average molecular weight is 544 g/mol. The Labute approximate surface area is 196 Å². The summed E-state index contributed by atoms with van der Waals surface area (Å²) in [6, 6.07) is 5.39. The van der Waals surface area contributed by atoms with Crippen LogP contribution in [-0.2, 0) is 12.9 Å². The Morgan fingerprint density at radius 2 is 1.24 bits per heavy atom. The Kier molecular flexibility index (Phi) is 10.3. The third-order valence-corrected chi connectivity index (χ3v) is 3.02. The third-order valence-electron chi connectivity index (χ3n) is 3.02. The predicted molar refractivity (Wildman–Crippen MR) is 110 cm³/mol. The molecule has 4 aromatic heterocycles. The number of nitrogens with one attached hydrogen (secondary N) is 2. The SMILES string of the molecule is O=[N+]([O-])c1ccc(/C=N/c2ncn[nH]2)o1.O=[N+]([O-])c1ccc(/C=N/c2ncn[nH]2)o1.[Cl][Co][Cl]. The van der Waals surface area contributed by atoms with Gasteiger partial charge in [0.05, 0.1) is 24.6 Å². The molecule has 16 nitrogen and oxygen atoms in total. The monoisotopic (exact) mass is 543 g/mol. The van der Waals surface area contributed by atoms with E-state index in [2.05, 4.69) is 40.3 Å². The number of nitrogens with zero attached hydrogens (tertiary/aromatic N) is 8. The summed E-state index contributed by atoms with van der Waals surface area (Å²) in [6.07, 6.45) is 5.23. The van der Waals surface area contributed by atoms with Crippen LogP contribution in [-0.4, -0.2) is 52.6 Å². The van der Waals surface area contributed by atoms with E-state index in [4.69, 9.17) is 29.1 Å². The van der Waals surface area contributed by atoms with Crippen LogP contribution in [0.15, 0.2) is 55.7 Å². The van der Waals surface area contributed by atoms with Gasteiger partial charge in [-0.25, -0.2) is 20.2 Å².